The molecule has 0 fully saturated rings. The normalized spacial score (nSPS) is 18.2. The fraction of sp³-hybridized carbons (Fsp3) is 0.0357. The van der Waals surface area contributed by atoms with Crippen molar-refractivity contribution in [2.45, 2.75) is 5.60 Å². The molecule has 1 spiro atoms. The molecule has 5 aromatic rings. The van der Waals surface area contributed by atoms with E-state index in [1.807, 2.05) is 72.8 Å². The number of carbonyl (C=O) groups is 1. The Morgan fingerprint density at radius 1 is 0.656 bits per heavy atom. The predicted molar refractivity (Wildman–Crippen MR) is 121 cm³/mol. The Hall–Kier alpha value is -4.31. The Morgan fingerprint density at radius 2 is 1.34 bits per heavy atom. The number of ether oxygens (including phenoxy) is 2. The summed E-state index contributed by atoms with van der Waals surface area (Å²) in [6.45, 7) is 0. The average molecular weight is 416 g/mol. The molecule has 0 bridgehead atoms. The lowest BCUT2D eigenvalue weighted by molar-refractivity contribution is 0.0226. The van der Waals surface area contributed by atoms with Crippen LogP contribution >= 0.6 is 0 Å². The van der Waals surface area contributed by atoms with Crippen LogP contribution < -0.4 is 4.74 Å². The first kappa shape index (κ1) is 17.4. The summed E-state index contributed by atoms with van der Waals surface area (Å²) >= 11 is 0. The van der Waals surface area contributed by atoms with Gasteiger partial charge in [-0.25, -0.2) is 4.79 Å². The molecule has 4 nitrogen and oxygen atoms in total. The summed E-state index contributed by atoms with van der Waals surface area (Å²) in [6.07, 6.45) is 0. The van der Waals surface area contributed by atoms with Crippen LogP contribution in [0.15, 0.2) is 91.0 Å². The van der Waals surface area contributed by atoms with Gasteiger partial charge in [-0.15, -0.1) is 0 Å². The number of hydrogen-bond donors (Lipinski definition) is 1. The van der Waals surface area contributed by atoms with E-state index in [2.05, 4.69) is 0 Å². The Balaban J connectivity index is 1.67. The minimum Gasteiger partial charge on any atom is -0.508 e. The van der Waals surface area contributed by atoms with Gasteiger partial charge in [-0.2, -0.15) is 0 Å². The van der Waals surface area contributed by atoms with Crippen molar-refractivity contribution in [3.05, 3.63) is 113 Å². The summed E-state index contributed by atoms with van der Waals surface area (Å²) in [6, 6.07) is 28.7. The summed E-state index contributed by atoms with van der Waals surface area (Å²) in [4.78, 5) is 13.0. The highest BCUT2D eigenvalue weighted by molar-refractivity contribution is 6.01. The molecule has 0 aliphatic carbocycles. The highest BCUT2D eigenvalue weighted by atomic mass is 16.6. The predicted octanol–water partition coefficient (Wildman–Crippen LogP) is 6.27. The van der Waals surface area contributed by atoms with Crippen LogP contribution in [0.5, 0.6) is 17.2 Å². The number of esters is 1. The fourth-order valence-corrected chi connectivity index (χ4v) is 5.17. The van der Waals surface area contributed by atoms with Crippen molar-refractivity contribution >= 4 is 27.5 Å². The Bertz CT molecular complexity index is 1620. The van der Waals surface area contributed by atoms with E-state index in [1.165, 1.54) is 0 Å². The second-order valence-corrected chi connectivity index (χ2v) is 8.23. The molecule has 0 radical (unpaired) electrons. The van der Waals surface area contributed by atoms with Crippen LogP contribution in [0.3, 0.4) is 0 Å². The van der Waals surface area contributed by atoms with Crippen molar-refractivity contribution < 1.29 is 19.4 Å². The van der Waals surface area contributed by atoms with Gasteiger partial charge in [-0.1, -0.05) is 54.6 Å². The van der Waals surface area contributed by atoms with Crippen molar-refractivity contribution in [2.24, 2.45) is 0 Å². The Morgan fingerprint density at radius 3 is 2.19 bits per heavy atom. The molecule has 2 heterocycles. The molecule has 4 heteroatoms. The van der Waals surface area contributed by atoms with Crippen LogP contribution in [0.2, 0.25) is 0 Å². The molecular formula is C28H16O4. The van der Waals surface area contributed by atoms with E-state index in [-0.39, 0.29) is 11.7 Å². The monoisotopic (exact) mass is 416 g/mol. The Labute approximate surface area is 183 Å². The number of rotatable bonds is 0. The third kappa shape index (κ3) is 2.04. The van der Waals surface area contributed by atoms with Gasteiger partial charge in [0.25, 0.3) is 0 Å². The smallest absolute Gasteiger partial charge is 0.340 e. The van der Waals surface area contributed by atoms with E-state index >= 15 is 0 Å². The number of aromatic hydroxyl groups is 1. The van der Waals surface area contributed by atoms with E-state index < -0.39 is 5.60 Å². The second-order valence-electron chi connectivity index (χ2n) is 8.23. The molecular weight excluding hydrogens is 400 g/mol. The van der Waals surface area contributed by atoms with E-state index in [9.17, 15) is 9.90 Å². The van der Waals surface area contributed by atoms with Crippen molar-refractivity contribution in [1.82, 2.24) is 0 Å². The minimum absolute atomic E-state index is 0.187. The third-order valence-electron chi connectivity index (χ3n) is 6.57. The molecule has 1 unspecified atom stereocenters. The topological polar surface area (TPSA) is 55.8 Å². The first-order chi connectivity index (χ1) is 15.7. The van der Waals surface area contributed by atoms with Crippen LogP contribution in [0.4, 0.5) is 0 Å². The van der Waals surface area contributed by atoms with Gasteiger partial charge < -0.3 is 14.6 Å². The SMILES string of the molecule is O=C1OC2(c3ccccc31)c1ccc3ccccc3c1Oc1c2ccc2cc(O)ccc12. The summed E-state index contributed by atoms with van der Waals surface area (Å²) in [7, 11) is 0. The molecule has 2 aliphatic heterocycles. The van der Waals surface area contributed by atoms with E-state index in [0.29, 0.717) is 17.1 Å². The summed E-state index contributed by atoms with van der Waals surface area (Å²) in [5.74, 6) is 1.15. The van der Waals surface area contributed by atoms with Gasteiger partial charge in [0.05, 0.1) is 5.56 Å². The number of phenolic OH excluding ortho intramolecular Hbond substituents is 1. The number of benzene rings is 5. The maximum Gasteiger partial charge on any atom is 0.340 e. The molecule has 1 N–H and O–H groups in total. The highest BCUT2D eigenvalue weighted by Crippen LogP contribution is 2.58. The molecule has 0 aromatic heterocycles. The lowest BCUT2D eigenvalue weighted by Gasteiger charge is -2.37. The van der Waals surface area contributed by atoms with Crippen LogP contribution in [0, 0.1) is 0 Å². The standard InChI is InChI=1S/C28H16O4/c29-18-11-12-20-17(15-18)10-14-24-26(20)31-25-19-6-2-1-5-16(19)9-13-23(25)28(24)22-8-4-3-7-21(22)27(30)32-28/h1-15,29H. The molecule has 152 valence electrons. The number of fused-ring (bicyclic) bond motifs is 10. The summed E-state index contributed by atoms with van der Waals surface area (Å²) in [5, 5.41) is 13.7. The zero-order valence-corrected chi connectivity index (χ0v) is 16.8. The second kappa shape index (κ2) is 5.89. The molecule has 5 aromatic carbocycles. The van der Waals surface area contributed by atoms with Gasteiger partial charge in [0.15, 0.2) is 5.60 Å². The molecule has 2 aliphatic rings. The van der Waals surface area contributed by atoms with Crippen molar-refractivity contribution in [1.29, 1.82) is 0 Å². The fourth-order valence-electron chi connectivity index (χ4n) is 5.17. The maximum atomic E-state index is 13.0. The number of phenols is 1. The van der Waals surface area contributed by atoms with E-state index in [4.69, 9.17) is 9.47 Å². The van der Waals surface area contributed by atoms with Gasteiger partial charge >= 0.3 is 5.97 Å². The summed E-state index contributed by atoms with van der Waals surface area (Å²) < 4.78 is 12.9. The van der Waals surface area contributed by atoms with Crippen LogP contribution in [0.1, 0.15) is 27.0 Å². The van der Waals surface area contributed by atoms with Crippen molar-refractivity contribution in [2.75, 3.05) is 0 Å². The molecule has 0 saturated carbocycles. The first-order valence-electron chi connectivity index (χ1n) is 10.5. The quantitative estimate of drug-likeness (QED) is 0.303. The van der Waals surface area contributed by atoms with Crippen LogP contribution in [-0.2, 0) is 10.3 Å². The molecule has 1 atom stereocenters. The van der Waals surface area contributed by atoms with Gasteiger partial charge in [0.2, 0.25) is 0 Å². The zero-order valence-electron chi connectivity index (χ0n) is 16.8. The molecule has 0 amide bonds. The molecule has 32 heavy (non-hydrogen) atoms. The lowest BCUT2D eigenvalue weighted by atomic mass is 9.76. The third-order valence-corrected chi connectivity index (χ3v) is 6.57. The van der Waals surface area contributed by atoms with Crippen LogP contribution in [0.25, 0.3) is 21.5 Å². The van der Waals surface area contributed by atoms with Crippen molar-refractivity contribution in [3.8, 4) is 17.2 Å². The zero-order chi connectivity index (χ0) is 21.4. The van der Waals surface area contributed by atoms with Crippen LogP contribution in [-0.4, -0.2) is 11.1 Å². The average Bonchev–Trinajstić information content (AvgIpc) is 3.12. The molecule has 0 saturated heterocycles. The van der Waals surface area contributed by atoms with Gasteiger partial charge in [-0.3, -0.25) is 0 Å². The highest BCUT2D eigenvalue weighted by Gasteiger charge is 2.53. The first-order valence-corrected chi connectivity index (χ1v) is 10.5. The molecule has 7 rings (SSSR count). The van der Waals surface area contributed by atoms with Gasteiger partial charge in [0, 0.05) is 27.5 Å². The number of hydrogen-bond acceptors (Lipinski definition) is 4. The van der Waals surface area contributed by atoms with Gasteiger partial charge in [0.1, 0.15) is 17.2 Å². The lowest BCUT2D eigenvalue weighted by Crippen LogP contribution is -2.33. The largest absolute Gasteiger partial charge is 0.508 e. The van der Waals surface area contributed by atoms with Crippen molar-refractivity contribution in [3.63, 3.8) is 0 Å². The van der Waals surface area contributed by atoms with E-state index in [0.717, 1.165) is 38.2 Å². The van der Waals surface area contributed by atoms with Gasteiger partial charge in [-0.05, 0) is 47.2 Å². The Kier molecular flexibility index (Phi) is 3.20. The summed E-state index contributed by atoms with van der Waals surface area (Å²) in [5.41, 5.74) is 1.85. The van der Waals surface area contributed by atoms with E-state index in [1.54, 1.807) is 18.2 Å². The number of carbonyl (C=O) groups excluding carboxylic acids is 1. The minimum atomic E-state index is -1.10. The maximum absolute atomic E-state index is 13.0.